The van der Waals surface area contributed by atoms with E-state index in [1.807, 2.05) is 31.2 Å². The number of ketones is 1. The van der Waals surface area contributed by atoms with E-state index in [1.54, 1.807) is 24.3 Å². The Morgan fingerprint density at radius 2 is 1.51 bits per heavy atom. The van der Waals surface area contributed by atoms with Crippen LogP contribution in [-0.4, -0.2) is 34.7 Å². The van der Waals surface area contributed by atoms with Gasteiger partial charge in [-0.15, -0.1) is 0 Å². The average Bonchev–Trinajstić information content (AvgIpc) is 3.33. The molecule has 0 saturated heterocycles. The van der Waals surface area contributed by atoms with Crippen LogP contribution in [0.5, 0.6) is 0 Å². The molecule has 2 amide bonds. The van der Waals surface area contributed by atoms with Gasteiger partial charge in [-0.2, -0.15) is 0 Å². The second-order valence-corrected chi connectivity index (χ2v) is 10.6. The third-order valence-corrected chi connectivity index (χ3v) is 6.90. The molecule has 198 valence electrons. The number of para-hydroxylation sites is 2. The predicted molar refractivity (Wildman–Crippen MR) is 146 cm³/mol. The van der Waals surface area contributed by atoms with Crippen LogP contribution in [0.1, 0.15) is 93.8 Å². The molecule has 1 unspecified atom stereocenters. The molecule has 0 radical (unpaired) electrons. The molecule has 3 aromatic rings. The van der Waals surface area contributed by atoms with Gasteiger partial charge in [-0.05, 0) is 54.0 Å². The van der Waals surface area contributed by atoms with Crippen LogP contribution in [-0.2, 0) is 10.2 Å². The van der Waals surface area contributed by atoms with Crippen molar-refractivity contribution < 1.29 is 18.8 Å². The molecule has 0 aliphatic carbocycles. The molecule has 1 aromatic heterocycles. The second kappa shape index (κ2) is 12.2. The first kappa shape index (κ1) is 28.1. The topological polar surface area (TPSA) is 101 Å². The third kappa shape index (κ3) is 7.06. The van der Waals surface area contributed by atoms with Crippen molar-refractivity contribution in [2.45, 2.75) is 84.7 Å². The number of carbonyl (C=O) groups is 3. The maximum Gasteiger partial charge on any atom is 0.266 e. The number of rotatable bonds is 11. The lowest BCUT2D eigenvalue weighted by molar-refractivity contribution is -0.123. The summed E-state index contributed by atoms with van der Waals surface area (Å²) in [5.74, 6) is -0.870. The van der Waals surface area contributed by atoms with E-state index in [0.29, 0.717) is 29.5 Å². The van der Waals surface area contributed by atoms with Crippen molar-refractivity contribution in [3.05, 3.63) is 65.5 Å². The number of nitrogens with one attached hydrogen (secondary N) is 2. The summed E-state index contributed by atoms with van der Waals surface area (Å²) in [4.78, 5) is 43.9. The summed E-state index contributed by atoms with van der Waals surface area (Å²) in [7, 11) is 0. The van der Waals surface area contributed by atoms with Gasteiger partial charge in [0.1, 0.15) is 11.6 Å². The van der Waals surface area contributed by atoms with Gasteiger partial charge in [0, 0.05) is 5.56 Å². The van der Waals surface area contributed by atoms with E-state index in [-0.39, 0.29) is 29.0 Å². The SMILES string of the molecule is CCC(CC)CC(NC(=O)c1ccc(C(C)(C)C)cc1)C(=O)N[C@@H](CC)C(=O)c1nc2ccccc2o1. The zero-order valence-corrected chi connectivity index (χ0v) is 22.8. The number of hydrogen-bond donors (Lipinski definition) is 2. The second-order valence-electron chi connectivity index (χ2n) is 10.6. The van der Waals surface area contributed by atoms with Gasteiger partial charge in [-0.25, -0.2) is 4.98 Å². The van der Waals surface area contributed by atoms with E-state index in [1.165, 1.54) is 0 Å². The number of benzene rings is 2. The molecule has 2 N–H and O–H groups in total. The van der Waals surface area contributed by atoms with Gasteiger partial charge in [0.05, 0.1) is 6.04 Å². The fourth-order valence-corrected chi connectivity index (χ4v) is 4.30. The van der Waals surface area contributed by atoms with Crippen LogP contribution in [0.4, 0.5) is 0 Å². The van der Waals surface area contributed by atoms with Crippen molar-refractivity contribution >= 4 is 28.7 Å². The zero-order valence-electron chi connectivity index (χ0n) is 22.8. The Bertz CT molecular complexity index is 1190. The smallest absolute Gasteiger partial charge is 0.266 e. The average molecular weight is 506 g/mol. The number of nitrogens with zero attached hydrogens (tertiary/aromatic N) is 1. The summed E-state index contributed by atoms with van der Waals surface area (Å²) in [6.45, 7) is 12.3. The highest BCUT2D eigenvalue weighted by Gasteiger charge is 2.30. The van der Waals surface area contributed by atoms with Crippen molar-refractivity contribution in [2.24, 2.45) is 5.92 Å². The number of fused-ring (bicyclic) bond motifs is 1. The highest BCUT2D eigenvalue weighted by atomic mass is 16.4. The minimum absolute atomic E-state index is 0.0245. The van der Waals surface area contributed by atoms with Gasteiger partial charge >= 0.3 is 0 Å². The molecule has 7 nitrogen and oxygen atoms in total. The normalized spacial score (nSPS) is 13.4. The van der Waals surface area contributed by atoms with Crippen LogP contribution in [0.2, 0.25) is 0 Å². The van der Waals surface area contributed by atoms with Gasteiger partial charge in [0.25, 0.3) is 11.8 Å². The van der Waals surface area contributed by atoms with Crippen LogP contribution in [0.15, 0.2) is 52.9 Å². The predicted octanol–water partition coefficient (Wildman–Crippen LogP) is 5.83. The third-order valence-electron chi connectivity index (χ3n) is 6.90. The molecule has 37 heavy (non-hydrogen) atoms. The van der Waals surface area contributed by atoms with E-state index in [2.05, 4.69) is 50.2 Å². The maximum atomic E-state index is 13.4. The first-order valence-electron chi connectivity index (χ1n) is 13.2. The lowest BCUT2D eigenvalue weighted by Gasteiger charge is -2.25. The number of hydrogen-bond acceptors (Lipinski definition) is 5. The van der Waals surface area contributed by atoms with Gasteiger partial charge in [0.2, 0.25) is 11.7 Å². The molecule has 0 saturated carbocycles. The van der Waals surface area contributed by atoms with E-state index >= 15 is 0 Å². The highest BCUT2D eigenvalue weighted by Crippen LogP contribution is 2.23. The van der Waals surface area contributed by atoms with E-state index in [9.17, 15) is 14.4 Å². The summed E-state index contributed by atoms with van der Waals surface area (Å²) >= 11 is 0. The Labute approximate surface area is 219 Å². The molecular weight excluding hydrogens is 466 g/mol. The monoisotopic (exact) mass is 505 g/mol. The van der Waals surface area contributed by atoms with E-state index < -0.39 is 17.9 Å². The first-order valence-corrected chi connectivity index (χ1v) is 13.2. The van der Waals surface area contributed by atoms with Crippen molar-refractivity contribution in [3.8, 4) is 0 Å². The minimum Gasteiger partial charge on any atom is -0.434 e. The Kier molecular flexibility index (Phi) is 9.24. The van der Waals surface area contributed by atoms with Gasteiger partial charge < -0.3 is 15.1 Å². The number of carbonyl (C=O) groups excluding carboxylic acids is 3. The number of aromatic nitrogens is 1. The summed E-state index contributed by atoms with van der Waals surface area (Å²) in [6, 6.07) is 13.0. The van der Waals surface area contributed by atoms with Crippen LogP contribution < -0.4 is 10.6 Å². The Balaban J connectivity index is 1.77. The number of amides is 2. The Morgan fingerprint density at radius 3 is 2.08 bits per heavy atom. The zero-order chi connectivity index (χ0) is 27.2. The standard InChI is InChI=1S/C30H39N3O4/c1-7-19(8-2)18-24(32-27(35)20-14-16-21(17-15-20)30(4,5)6)28(36)31-22(9-3)26(34)29-33-23-12-10-11-13-25(23)37-29/h10-17,19,22,24H,7-9,18H2,1-6H3,(H,31,36)(H,32,35)/t22-,24?/m0/s1. The highest BCUT2D eigenvalue weighted by molar-refractivity contribution is 6.02. The van der Waals surface area contributed by atoms with Crippen LogP contribution in [0.3, 0.4) is 0 Å². The van der Waals surface area contributed by atoms with E-state index in [4.69, 9.17) is 4.42 Å². The molecule has 7 heteroatoms. The van der Waals surface area contributed by atoms with Gasteiger partial charge in [-0.1, -0.05) is 78.6 Å². The Morgan fingerprint density at radius 1 is 0.865 bits per heavy atom. The quantitative estimate of drug-likeness (QED) is 0.319. The van der Waals surface area contributed by atoms with Crippen molar-refractivity contribution in [3.63, 3.8) is 0 Å². The largest absolute Gasteiger partial charge is 0.434 e. The van der Waals surface area contributed by atoms with Crippen LogP contribution in [0, 0.1) is 5.92 Å². The van der Waals surface area contributed by atoms with Crippen molar-refractivity contribution in [1.29, 1.82) is 0 Å². The first-order chi connectivity index (χ1) is 17.6. The molecule has 3 rings (SSSR count). The summed E-state index contributed by atoms with van der Waals surface area (Å²) in [5, 5.41) is 5.76. The fourth-order valence-electron chi connectivity index (χ4n) is 4.30. The fraction of sp³-hybridized carbons (Fsp3) is 0.467. The molecule has 2 atom stereocenters. The lowest BCUT2D eigenvalue weighted by atomic mass is 9.86. The molecule has 0 aliphatic heterocycles. The molecular formula is C30H39N3O4. The Hall–Kier alpha value is -3.48. The van der Waals surface area contributed by atoms with Crippen LogP contribution in [0.25, 0.3) is 11.1 Å². The minimum atomic E-state index is -0.812. The summed E-state index contributed by atoms with van der Waals surface area (Å²) < 4.78 is 5.63. The molecule has 1 heterocycles. The molecule has 0 bridgehead atoms. The lowest BCUT2D eigenvalue weighted by Crippen LogP contribution is -2.52. The molecule has 2 aromatic carbocycles. The van der Waals surface area contributed by atoms with Crippen LogP contribution >= 0.6 is 0 Å². The van der Waals surface area contributed by atoms with E-state index in [0.717, 1.165) is 18.4 Å². The van der Waals surface area contributed by atoms with Crippen molar-refractivity contribution in [1.82, 2.24) is 15.6 Å². The van der Waals surface area contributed by atoms with Crippen molar-refractivity contribution in [2.75, 3.05) is 0 Å². The van der Waals surface area contributed by atoms with Gasteiger partial charge in [-0.3, -0.25) is 14.4 Å². The molecule has 0 spiro atoms. The van der Waals surface area contributed by atoms with Gasteiger partial charge in [0.15, 0.2) is 5.58 Å². The number of Topliss-reactive ketones (excluding diaryl/α,β-unsaturated/α-hetero) is 1. The number of oxazole rings is 1. The molecule has 0 fully saturated rings. The summed E-state index contributed by atoms with van der Waals surface area (Å²) in [6.07, 6.45) is 2.62. The summed E-state index contributed by atoms with van der Waals surface area (Å²) in [5.41, 5.74) is 2.69. The molecule has 0 aliphatic rings. The maximum absolute atomic E-state index is 13.4.